The Morgan fingerprint density at radius 1 is 1.17 bits per heavy atom. The Morgan fingerprint density at radius 3 is 2.43 bits per heavy atom. The van der Waals surface area contributed by atoms with Crippen molar-refractivity contribution in [1.82, 2.24) is 4.90 Å². The zero-order chi connectivity index (χ0) is 22.1. The molecule has 0 bridgehead atoms. The summed E-state index contributed by atoms with van der Waals surface area (Å²) >= 11 is 0. The van der Waals surface area contributed by atoms with Crippen LogP contribution in [0, 0.1) is 23.2 Å². The molecule has 0 unspecified atom stereocenters. The van der Waals surface area contributed by atoms with E-state index in [2.05, 4.69) is 25.7 Å². The fourth-order valence-corrected chi connectivity index (χ4v) is 3.87. The summed E-state index contributed by atoms with van der Waals surface area (Å²) in [7, 11) is 1.58. The molecule has 0 aromatic heterocycles. The standard InChI is InChI=1S/C24H31NO5/c1-23(2,3)30-22(27)25-13-10-16(11-14-25)24(4,5)12-9-18-20(28-6)8-7-17-19(26)15-29-21(17)18/h7-8,16H,10-11,13-15H2,1-6H3. The number of amides is 1. The molecule has 0 N–H and O–H groups in total. The number of rotatable bonds is 2. The first kappa shape index (κ1) is 22.0. The van der Waals surface area contributed by atoms with Gasteiger partial charge in [0.2, 0.25) is 5.78 Å². The number of fused-ring (bicyclic) bond motifs is 1. The molecule has 3 rings (SSSR count). The van der Waals surface area contributed by atoms with Gasteiger partial charge in [-0.3, -0.25) is 4.79 Å². The van der Waals surface area contributed by atoms with Gasteiger partial charge in [0.1, 0.15) is 22.7 Å². The number of carbonyl (C=O) groups excluding carboxylic acids is 2. The van der Waals surface area contributed by atoms with Gasteiger partial charge in [-0.25, -0.2) is 4.79 Å². The minimum Gasteiger partial charge on any atom is -0.495 e. The highest BCUT2D eigenvalue weighted by Crippen LogP contribution is 2.38. The van der Waals surface area contributed by atoms with Crippen LogP contribution in [0.3, 0.4) is 0 Å². The van der Waals surface area contributed by atoms with Crippen LogP contribution >= 0.6 is 0 Å². The average molecular weight is 414 g/mol. The molecular formula is C24H31NO5. The summed E-state index contributed by atoms with van der Waals surface area (Å²) in [5.74, 6) is 8.04. The molecule has 1 saturated heterocycles. The third kappa shape index (κ3) is 4.72. The molecule has 30 heavy (non-hydrogen) atoms. The summed E-state index contributed by atoms with van der Waals surface area (Å²) in [5.41, 5.74) is 0.428. The van der Waals surface area contributed by atoms with Crippen LogP contribution in [-0.4, -0.2) is 49.2 Å². The van der Waals surface area contributed by atoms with Crippen molar-refractivity contribution < 1.29 is 23.8 Å². The number of carbonyl (C=O) groups is 2. The van der Waals surface area contributed by atoms with Gasteiger partial charge in [0.15, 0.2) is 6.61 Å². The van der Waals surface area contributed by atoms with E-state index in [-0.39, 0.29) is 23.9 Å². The maximum atomic E-state index is 12.3. The van der Waals surface area contributed by atoms with Crippen LogP contribution in [0.15, 0.2) is 12.1 Å². The number of ether oxygens (including phenoxy) is 3. The highest BCUT2D eigenvalue weighted by molar-refractivity contribution is 6.03. The fourth-order valence-electron chi connectivity index (χ4n) is 3.87. The molecule has 1 aromatic rings. The van der Waals surface area contributed by atoms with Crippen LogP contribution in [0.1, 0.15) is 63.4 Å². The van der Waals surface area contributed by atoms with Crippen molar-refractivity contribution in [3.63, 3.8) is 0 Å². The molecule has 0 spiro atoms. The Balaban J connectivity index is 1.73. The van der Waals surface area contributed by atoms with Gasteiger partial charge in [0.05, 0.1) is 12.7 Å². The number of methoxy groups -OCH3 is 1. The number of benzene rings is 1. The number of piperidine rings is 1. The van der Waals surface area contributed by atoms with Crippen molar-refractivity contribution in [2.24, 2.45) is 11.3 Å². The SMILES string of the molecule is COc1ccc2c(c1C#CC(C)(C)C1CCN(C(=O)OC(C)(C)C)CC1)OCC2=O. The molecule has 6 heteroatoms. The van der Waals surface area contributed by atoms with Crippen LogP contribution in [0.4, 0.5) is 4.79 Å². The van der Waals surface area contributed by atoms with E-state index in [9.17, 15) is 9.59 Å². The normalized spacial score (nSPS) is 17.0. The third-order valence-electron chi connectivity index (χ3n) is 5.66. The van der Waals surface area contributed by atoms with Crippen molar-refractivity contribution >= 4 is 11.9 Å². The van der Waals surface area contributed by atoms with E-state index in [4.69, 9.17) is 14.2 Å². The smallest absolute Gasteiger partial charge is 0.410 e. The summed E-state index contributed by atoms with van der Waals surface area (Å²) in [6, 6.07) is 3.49. The maximum absolute atomic E-state index is 12.3. The van der Waals surface area contributed by atoms with Gasteiger partial charge in [-0.1, -0.05) is 11.8 Å². The van der Waals surface area contributed by atoms with E-state index < -0.39 is 5.60 Å². The zero-order valence-electron chi connectivity index (χ0n) is 18.8. The van der Waals surface area contributed by atoms with Crippen molar-refractivity contribution in [3.8, 4) is 23.3 Å². The second kappa shape index (κ2) is 8.22. The quantitative estimate of drug-likeness (QED) is 0.677. The second-order valence-corrected chi connectivity index (χ2v) is 9.44. The average Bonchev–Trinajstić information content (AvgIpc) is 3.06. The van der Waals surface area contributed by atoms with Gasteiger partial charge in [0, 0.05) is 18.5 Å². The van der Waals surface area contributed by atoms with Crippen molar-refractivity contribution in [1.29, 1.82) is 0 Å². The Hall–Kier alpha value is -2.68. The van der Waals surface area contributed by atoms with Crippen molar-refractivity contribution in [3.05, 3.63) is 23.3 Å². The Labute approximate surface area is 178 Å². The van der Waals surface area contributed by atoms with Gasteiger partial charge >= 0.3 is 6.09 Å². The minimum absolute atomic E-state index is 0.0375. The fraction of sp³-hybridized carbons (Fsp3) is 0.583. The van der Waals surface area contributed by atoms with E-state index in [0.29, 0.717) is 41.6 Å². The van der Waals surface area contributed by atoms with Gasteiger partial charge in [-0.05, 0) is 65.5 Å². The predicted molar refractivity (Wildman–Crippen MR) is 114 cm³/mol. The molecule has 1 aromatic carbocycles. The number of nitrogens with zero attached hydrogens (tertiary/aromatic N) is 1. The van der Waals surface area contributed by atoms with Crippen LogP contribution < -0.4 is 9.47 Å². The first-order valence-electron chi connectivity index (χ1n) is 10.4. The van der Waals surface area contributed by atoms with Crippen LogP contribution in [0.25, 0.3) is 0 Å². The van der Waals surface area contributed by atoms with Crippen LogP contribution in [-0.2, 0) is 4.74 Å². The summed E-state index contributed by atoms with van der Waals surface area (Å²) in [4.78, 5) is 26.1. The van der Waals surface area contributed by atoms with Gasteiger partial charge in [-0.15, -0.1) is 0 Å². The molecule has 6 nitrogen and oxygen atoms in total. The molecular weight excluding hydrogens is 382 g/mol. The Bertz CT molecular complexity index is 893. The van der Waals surface area contributed by atoms with Crippen molar-refractivity contribution in [2.45, 2.75) is 53.1 Å². The highest BCUT2D eigenvalue weighted by atomic mass is 16.6. The van der Waals surface area contributed by atoms with Gasteiger partial charge < -0.3 is 19.1 Å². The molecule has 2 aliphatic rings. The molecule has 0 radical (unpaired) electrons. The van der Waals surface area contributed by atoms with Gasteiger partial charge in [0.25, 0.3) is 0 Å². The molecule has 0 saturated carbocycles. The predicted octanol–water partition coefficient (Wildman–Crippen LogP) is 4.30. The largest absolute Gasteiger partial charge is 0.495 e. The summed E-state index contributed by atoms with van der Waals surface area (Å²) in [6.45, 7) is 11.2. The van der Waals surface area contributed by atoms with E-state index in [1.54, 1.807) is 24.1 Å². The van der Waals surface area contributed by atoms with Gasteiger partial charge in [-0.2, -0.15) is 0 Å². The maximum Gasteiger partial charge on any atom is 0.410 e. The molecule has 2 heterocycles. The summed E-state index contributed by atoms with van der Waals surface area (Å²) in [6.07, 6.45) is 1.47. The molecule has 0 aliphatic carbocycles. The van der Waals surface area contributed by atoms with E-state index >= 15 is 0 Å². The zero-order valence-corrected chi connectivity index (χ0v) is 18.8. The van der Waals surface area contributed by atoms with Crippen molar-refractivity contribution in [2.75, 3.05) is 26.8 Å². The molecule has 162 valence electrons. The van der Waals surface area contributed by atoms with Crippen LogP contribution in [0.5, 0.6) is 11.5 Å². The number of hydrogen-bond acceptors (Lipinski definition) is 5. The Morgan fingerprint density at radius 2 is 1.83 bits per heavy atom. The first-order valence-corrected chi connectivity index (χ1v) is 10.4. The molecule has 2 aliphatic heterocycles. The van der Waals surface area contributed by atoms with Crippen LogP contribution in [0.2, 0.25) is 0 Å². The molecule has 0 atom stereocenters. The topological polar surface area (TPSA) is 65.1 Å². The van der Waals surface area contributed by atoms with E-state index in [1.165, 1.54) is 0 Å². The number of Topliss-reactive ketones (excluding diaryl/α,β-unsaturated/α-hetero) is 1. The lowest BCUT2D eigenvalue weighted by molar-refractivity contribution is 0.0146. The number of likely N-dealkylation sites (tertiary alicyclic amines) is 1. The molecule has 1 fully saturated rings. The second-order valence-electron chi connectivity index (χ2n) is 9.44. The lowest BCUT2D eigenvalue weighted by atomic mass is 9.74. The summed E-state index contributed by atoms with van der Waals surface area (Å²) < 4.78 is 16.5. The number of hydrogen-bond donors (Lipinski definition) is 0. The lowest BCUT2D eigenvalue weighted by Crippen LogP contribution is -2.44. The minimum atomic E-state index is -0.489. The number of ketones is 1. The molecule has 1 amide bonds. The third-order valence-corrected chi connectivity index (χ3v) is 5.66. The highest BCUT2D eigenvalue weighted by Gasteiger charge is 2.34. The summed E-state index contributed by atoms with van der Waals surface area (Å²) in [5, 5.41) is 0. The Kier molecular flexibility index (Phi) is 6.03. The first-order chi connectivity index (χ1) is 14.0. The van der Waals surface area contributed by atoms with E-state index in [0.717, 1.165) is 12.8 Å². The van der Waals surface area contributed by atoms with E-state index in [1.807, 2.05) is 20.8 Å². The lowest BCUT2D eigenvalue weighted by Gasteiger charge is -2.38. The monoisotopic (exact) mass is 413 g/mol.